The lowest BCUT2D eigenvalue weighted by Crippen LogP contribution is -2.37. The Morgan fingerprint density at radius 2 is 1.97 bits per heavy atom. The second-order valence-electron chi connectivity index (χ2n) is 6.85. The number of benzene rings is 2. The average molecular weight is 447 g/mol. The van der Waals surface area contributed by atoms with Gasteiger partial charge >= 0.3 is 0 Å². The van der Waals surface area contributed by atoms with Gasteiger partial charge in [-0.3, -0.25) is 4.79 Å². The van der Waals surface area contributed by atoms with Crippen LogP contribution in [0.15, 0.2) is 70.4 Å². The van der Waals surface area contributed by atoms with Crippen molar-refractivity contribution in [2.24, 2.45) is 5.16 Å². The molecule has 0 saturated carbocycles. The summed E-state index contributed by atoms with van der Waals surface area (Å²) in [4.78, 5) is 20.0. The van der Waals surface area contributed by atoms with Gasteiger partial charge in [-0.05, 0) is 30.3 Å². The highest BCUT2D eigenvalue weighted by Crippen LogP contribution is 2.26. The minimum Gasteiger partial charge on any atom is -0.459 e. The fraction of sp³-hybridized carbons (Fsp3) is 0.182. The highest BCUT2D eigenvalue weighted by atomic mass is 35.5. The molecule has 8 heteroatoms. The second-order valence-corrected chi connectivity index (χ2v) is 7.67. The third kappa shape index (κ3) is 4.50. The van der Waals surface area contributed by atoms with Gasteiger partial charge < -0.3 is 14.2 Å². The number of amides is 1. The maximum atomic E-state index is 14.2. The zero-order valence-corrected chi connectivity index (χ0v) is 17.2. The van der Waals surface area contributed by atoms with Gasteiger partial charge in [0.1, 0.15) is 5.82 Å². The molecule has 5 nitrogen and oxygen atoms in total. The van der Waals surface area contributed by atoms with Crippen molar-refractivity contribution < 1.29 is 18.4 Å². The van der Waals surface area contributed by atoms with E-state index in [0.717, 1.165) is 5.56 Å². The number of rotatable bonds is 6. The number of carbonyl (C=O) groups excluding carboxylic acids is 1. The standard InChI is InChI=1S/C22H17Cl2FN2O3/c23-17-8-7-14(10-18(17)24)20-11-16(30-26-20)13-27(22(28)21-6-3-9-29-21)12-15-4-1-2-5-19(15)25/h1-10,16H,11-13H2. The van der Waals surface area contributed by atoms with E-state index in [2.05, 4.69) is 5.16 Å². The van der Waals surface area contributed by atoms with Gasteiger partial charge in [0.25, 0.3) is 5.91 Å². The van der Waals surface area contributed by atoms with E-state index in [1.807, 2.05) is 6.07 Å². The molecule has 1 unspecified atom stereocenters. The second kappa shape index (κ2) is 8.90. The van der Waals surface area contributed by atoms with E-state index in [-0.39, 0.29) is 36.7 Å². The molecule has 1 amide bonds. The molecule has 154 valence electrons. The Balaban J connectivity index is 1.50. The number of furan rings is 1. The lowest BCUT2D eigenvalue weighted by atomic mass is 10.0. The summed E-state index contributed by atoms with van der Waals surface area (Å²) in [5.41, 5.74) is 1.90. The minimum atomic E-state index is -0.389. The van der Waals surface area contributed by atoms with Crippen LogP contribution in [0.5, 0.6) is 0 Å². The van der Waals surface area contributed by atoms with Crippen LogP contribution >= 0.6 is 23.2 Å². The number of oxime groups is 1. The summed E-state index contributed by atoms with van der Waals surface area (Å²) in [6.07, 6.45) is 1.50. The summed E-state index contributed by atoms with van der Waals surface area (Å²) in [6.45, 7) is 0.288. The van der Waals surface area contributed by atoms with Crippen molar-refractivity contribution in [2.45, 2.75) is 19.1 Å². The minimum absolute atomic E-state index is 0.0776. The van der Waals surface area contributed by atoms with Crippen molar-refractivity contribution in [1.29, 1.82) is 0 Å². The molecule has 4 rings (SSSR count). The molecule has 0 aliphatic carbocycles. The zero-order chi connectivity index (χ0) is 21.1. The molecular weight excluding hydrogens is 430 g/mol. The van der Waals surface area contributed by atoms with E-state index < -0.39 is 0 Å². The third-order valence-electron chi connectivity index (χ3n) is 4.75. The molecular formula is C22H17Cl2FN2O3. The van der Waals surface area contributed by atoms with Gasteiger partial charge in [0, 0.05) is 24.1 Å². The van der Waals surface area contributed by atoms with E-state index in [9.17, 15) is 9.18 Å². The first-order chi connectivity index (χ1) is 14.5. The lowest BCUT2D eigenvalue weighted by molar-refractivity contribution is 0.0385. The monoisotopic (exact) mass is 446 g/mol. The first-order valence-electron chi connectivity index (χ1n) is 9.25. The van der Waals surface area contributed by atoms with E-state index in [1.165, 1.54) is 17.2 Å². The summed E-state index contributed by atoms with van der Waals surface area (Å²) >= 11 is 12.1. The van der Waals surface area contributed by atoms with Crippen molar-refractivity contribution >= 4 is 34.8 Å². The van der Waals surface area contributed by atoms with Crippen LogP contribution in [0.25, 0.3) is 0 Å². The van der Waals surface area contributed by atoms with Gasteiger partial charge in [0.15, 0.2) is 11.9 Å². The van der Waals surface area contributed by atoms with Crippen LogP contribution in [0.1, 0.15) is 28.1 Å². The normalized spacial score (nSPS) is 15.6. The number of hydrogen-bond acceptors (Lipinski definition) is 4. The van der Waals surface area contributed by atoms with E-state index in [1.54, 1.807) is 42.5 Å². The van der Waals surface area contributed by atoms with Crippen LogP contribution in [0.3, 0.4) is 0 Å². The predicted octanol–water partition coefficient (Wildman–Crippen LogP) is 5.56. The number of carbonyl (C=O) groups is 1. The maximum Gasteiger partial charge on any atom is 0.289 e. The van der Waals surface area contributed by atoms with Crippen molar-refractivity contribution in [3.05, 3.63) is 93.6 Å². The van der Waals surface area contributed by atoms with Gasteiger partial charge in [-0.2, -0.15) is 0 Å². The Hall–Kier alpha value is -2.83. The molecule has 0 spiro atoms. The van der Waals surface area contributed by atoms with Crippen molar-refractivity contribution in [3.8, 4) is 0 Å². The summed E-state index contributed by atoms with van der Waals surface area (Å²) in [5.74, 6) is -0.556. The summed E-state index contributed by atoms with van der Waals surface area (Å²) in [7, 11) is 0. The Bertz CT molecular complexity index is 1090. The van der Waals surface area contributed by atoms with Crippen LogP contribution in [0, 0.1) is 5.82 Å². The Morgan fingerprint density at radius 3 is 2.70 bits per heavy atom. The van der Waals surface area contributed by atoms with Crippen LogP contribution < -0.4 is 0 Å². The number of halogens is 3. The molecule has 2 aromatic carbocycles. The predicted molar refractivity (Wildman–Crippen MR) is 112 cm³/mol. The molecule has 0 saturated heterocycles. The van der Waals surface area contributed by atoms with Crippen LogP contribution in [0.4, 0.5) is 4.39 Å². The van der Waals surface area contributed by atoms with E-state index >= 15 is 0 Å². The topological polar surface area (TPSA) is 55.0 Å². The summed E-state index contributed by atoms with van der Waals surface area (Å²) in [5, 5.41) is 5.02. The van der Waals surface area contributed by atoms with Gasteiger partial charge in [-0.25, -0.2) is 4.39 Å². The zero-order valence-electron chi connectivity index (χ0n) is 15.7. The van der Waals surface area contributed by atoms with E-state index in [0.29, 0.717) is 27.7 Å². The van der Waals surface area contributed by atoms with Gasteiger partial charge in [0.05, 0.1) is 28.6 Å². The first-order valence-corrected chi connectivity index (χ1v) is 10.0. The lowest BCUT2D eigenvalue weighted by Gasteiger charge is -2.24. The molecule has 1 aliphatic heterocycles. The fourth-order valence-electron chi connectivity index (χ4n) is 3.23. The molecule has 1 atom stereocenters. The van der Waals surface area contributed by atoms with Crippen molar-refractivity contribution in [2.75, 3.05) is 6.54 Å². The van der Waals surface area contributed by atoms with Crippen LogP contribution in [0.2, 0.25) is 10.0 Å². The van der Waals surface area contributed by atoms with Gasteiger partial charge in [-0.1, -0.05) is 52.6 Å². The maximum absolute atomic E-state index is 14.2. The summed E-state index contributed by atoms with van der Waals surface area (Å²) in [6, 6.07) is 14.8. The van der Waals surface area contributed by atoms with Crippen molar-refractivity contribution in [3.63, 3.8) is 0 Å². The molecule has 1 aromatic heterocycles. The highest BCUT2D eigenvalue weighted by Gasteiger charge is 2.29. The van der Waals surface area contributed by atoms with Gasteiger partial charge in [-0.15, -0.1) is 0 Å². The molecule has 2 heterocycles. The average Bonchev–Trinajstić information content (AvgIpc) is 3.43. The quantitative estimate of drug-likeness (QED) is 0.497. The molecule has 0 radical (unpaired) electrons. The highest BCUT2D eigenvalue weighted by molar-refractivity contribution is 6.42. The molecule has 1 aliphatic rings. The summed E-state index contributed by atoms with van der Waals surface area (Å²) < 4.78 is 19.4. The SMILES string of the molecule is O=C(c1ccco1)N(Cc1ccccc1F)CC1CC(c2ccc(Cl)c(Cl)c2)=NO1. The Labute approximate surface area is 182 Å². The van der Waals surface area contributed by atoms with E-state index in [4.69, 9.17) is 32.5 Å². The van der Waals surface area contributed by atoms with Crippen LogP contribution in [-0.4, -0.2) is 29.2 Å². The molecule has 0 bridgehead atoms. The molecule has 0 fully saturated rings. The largest absolute Gasteiger partial charge is 0.459 e. The Kier molecular flexibility index (Phi) is 6.06. The van der Waals surface area contributed by atoms with Crippen molar-refractivity contribution in [1.82, 2.24) is 4.90 Å². The molecule has 30 heavy (non-hydrogen) atoms. The first kappa shape index (κ1) is 20.4. The Morgan fingerprint density at radius 1 is 1.13 bits per heavy atom. The van der Waals surface area contributed by atoms with Gasteiger partial charge in [0.2, 0.25) is 0 Å². The number of nitrogens with zero attached hydrogens (tertiary/aromatic N) is 2. The van der Waals surface area contributed by atoms with Crippen LogP contribution in [-0.2, 0) is 11.4 Å². The smallest absolute Gasteiger partial charge is 0.289 e. The number of hydrogen-bond donors (Lipinski definition) is 0. The molecule has 3 aromatic rings. The third-order valence-corrected chi connectivity index (χ3v) is 5.49. The molecule has 0 N–H and O–H groups in total. The fourth-order valence-corrected chi connectivity index (χ4v) is 3.52.